The van der Waals surface area contributed by atoms with Gasteiger partial charge in [-0.25, -0.2) is 0 Å². The van der Waals surface area contributed by atoms with Crippen molar-refractivity contribution in [1.82, 2.24) is 9.47 Å². The molecule has 5 nitrogen and oxygen atoms in total. The molecule has 1 atom stereocenters. The number of rotatable bonds is 5. The number of amides is 1. The van der Waals surface area contributed by atoms with E-state index >= 15 is 0 Å². The molecule has 144 valence electrons. The summed E-state index contributed by atoms with van der Waals surface area (Å²) in [5, 5.41) is 0. The van der Waals surface area contributed by atoms with Crippen molar-refractivity contribution in [2.75, 3.05) is 19.7 Å². The molecule has 2 aromatic rings. The molecule has 0 unspecified atom stereocenters. The fourth-order valence-electron chi connectivity index (χ4n) is 3.63. The first-order valence-electron chi connectivity index (χ1n) is 9.68. The standard InChI is InChI=1S/C22H28N2O3/c1-4-24-17(3)9-12-20(22(24)26)21(25)23-13-5-6-18(14-23)15-27-19-10-7-16(2)8-11-19/h7-12,18H,4-6,13-15H2,1-3H3/t18-/m1/s1. The Morgan fingerprint density at radius 3 is 2.59 bits per heavy atom. The molecule has 0 N–H and O–H groups in total. The van der Waals surface area contributed by atoms with Crippen molar-refractivity contribution in [2.24, 2.45) is 5.92 Å². The fourth-order valence-corrected chi connectivity index (χ4v) is 3.63. The van der Waals surface area contributed by atoms with E-state index in [4.69, 9.17) is 4.74 Å². The van der Waals surface area contributed by atoms with Gasteiger partial charge in [0.1, 0.15) is 11.3 Å². The second-order valence-corrected chi connectivity index (χ2v) is 7.32. The van der Waals surface area contributed by atoms with Gasteiger partial charge in [0, 0.05) is 31.2 Å². The molecule has 0 aliphatic carbocycles. The smallest absolute Gasteiger partial charge is 0.263 e. The first kappa shape index (κ1) is 19.2. The number of aromatic nitrogens is 1. The van der Waals surface area contributed by atoms with Gasteiger partial charge in [-0.2, -0.15) is 0 Å². The van der Waals surface area contributed by atoms with Crippen LogP contribution in [-0.4, -0.2) is 35.1 Å². The molecule has 0 spiro atoms. The average Bonchev–Trinajstić information content (AvgIpc) is 2.68. The van der Waals surface area contributed by atoms with Gasteiger partial charge < -0.3 is 14.2 Å². The summed E-state index contributed by atoms with van der Waals surface area (Å²) in [7, 11) is 0. The minimum Gasteiger partial charge on any atom is -0.493 e. The van der Waals surface area contributed by atoms with Gasteiger partial charge in [0.05, 0.1) is 6.61 Å². The summed E-state index contributed by atoms with van der Waals surface area (Å²) < 4.78 is 7.55. The number of carbonyl (C=O) groups is 1. The van der Waals surface area contributed by atoms with Crippen LogP contribution in [0.4, 0.5) is 0 Å². The van der Waals surface area contributed by atoms with Crippen LogP contribution in [0.25, 0.3) is 0 Å². The molecule has 0 radical (unpaired) electrons. The lowest BCUT2D eigenvalue weighted by Crippen LogP contribution is -2.44. The second kappa shape index (κ2) is 8.42. The van der Waals surface area contributed by atoms with Gasteiger partial charge in [-0.05, 0) is 57.9 Å². The van der Waals surface area contributed by atoms with Crippen molar-refractivity contribution >= 4 is 5.91 Å². The topological polar surface area (TPSA) is 51.5 Å². The summed E-state index contributed by atoms with van der Waals surface area (Å²) in [5.41, 5.74) is 2.15. The van der Waals surface area contributed by atoms with Crippen LogP contribution in [0.3, 0.4) is 0 Å². The number of ether oxygens (including phenoxy) is 1. The van der Waals surface area contributed by atoms with E-state index in [2.05, 4.69) is 0 Å². The van der Waals surface area contributed by atoms with E-state index in [1.807, 2.05) is 51.1 Å². The van der Waals surface area contributed by atoms with Crippen LogP contribution < -0.4 is 10.3 Å². The van der Waals surface area contributed by atoms with E-state index in [-0.39, 0.29) is 22.9 Å². The Balaban J connectivity index is 1.66. The Hall–Kier alpha value is -2.56. The van der Waals surface area contributed by atoms with Gasteiger partial charge in [0.2, 0.25) is 0 Å². The van der Waals surface area contributed by atoms with Crippen molar-refractivity contribution < 1.29 is 9.53 Å². The maximum Gasteiger partial charge on any atom is 0.263 e. The molecule has 27 heavy (non-hydrogen) atoms. The van der Waals surface area contributed by atoms with E-state index in [0.29, 0.717) is 26.2 Å². The molecule has 0 saturated carbocycles. The Kier molecular flexibility index (Phi) is 5.99. The molecular weight excluding hydrogens is 340 g/mol. The second-order valence-electron chi connectivity index (χ2n) is 7.32. The highest BCUT2D eigenvalue weighted by molar-refractivity contribution is 5.94. The summed E-state index contributed by atoms with van der Waals surface area (Å²) in [4.78, 5) is 27.3. The zero-order chi connectivity index (χ0) is 19.4. The molecule has 1 aromatic carbocycles. The van der Waals surface area contributed by atoms with Crippen molar-refractivity contribution in [3.63, 3.8) is 0 Å². The lowest BCUT2D eigenvalue weighted by atomic mass is 9.98. The minimum atomic E-state index is -0.194. The Labute approximate surface area is 160 Å². The Bertz CT molecular complexity index is 855. The SMILES string of the molecule is CCn1c(C)ccc(C(=O)N2CCC[C@@H](COc3ccc(C)cc3)C2)c1=O. The van der Waals surface area contributed by atoms with Gasteiger partial charge in [0.25, 0.3) is 11.5 Å². The van der Waals surface area contributed by atoms with Crippen LogP contribution >= 0.6 is 0 Å². The Morgan fingerprint density at radius 2 is 1.89 bits per heavy atom. The van der Waals surface area contributed by atoms with Gasteiger partial charge in [-0.1, -0.05) is 17.7 Å². The number of benzene rings is 1. The molecule has 1 aliphatic heterocycles. The molecule has 5 heteroatoms. The van der Waals surface area contributed by atoms with E-state index in [9.17, 15) is 9.59 Å². The van der Waals surface area contributed by atoms with Gasteiger partial charge in [-0.15, -0.1) is 0 Å². The normalized spacial score (nSPS) is 17.0. The predicted molar refractivity (Wildman–Crippen MR) is 106 cm³/mol. The Morgan fingerprint density at radius 1 is 1.15 bits per heavy atom. The van der Waals surface area contributed by atoms with E-state index in [1.165, 1.54) is 5.56 Å². The zero-order valence-corrected chi connectivity index (χ0v) is 16.4. The van der Waals surface area contributed by atoms with Crippen molar-refractivity contribution in [3.8, 4) is 5.75 Å². The van der Waals surface area contributed by atoms with Crippen LogP contribution in [-0.2, 0) is 6.54 Å². The lowest BCUT2D eigenvalue weighted by Gasteiger charge is -2.32. The highest BCUT2D eigenvalue weighted by Gasteiger charge is 2.26. The molecule has 1 aromatic heterocycles. The van der Waals surface area contributed by atoms with E-state index in [0.717, 1.165) is 24.3 Å². The lowest BCUT2D eigenvalue weighted by molar-refractivity contribution is 0.0631. The third kappa shape index (κ3) is 4.41. The van der Waals surface area contributed by atoms with Crippen LogP contribution in [0.1, 0.15) is 41.4 Å². The van der Waals surface area contributed by atoms with Crippen molar-refractivity contribution in [2.45, 2.75) is 40.2 Å². The van der Waals surface area contributed by atoms with Crippen LogP contribution in [0, 0.1) is 19.8 Å². The highest BCUT2D eigenvalue weighted by Crippen LogP contribution is 2.20. The van der Waals surface area contributed by atoms with Gasteiger partial charge in [-0.3, -0.25) is 9.59 Å². The van der Waals surface area contributed by atoms with Crippen LogP contribution in [0.5, 0.6) is 5.75 Å². The number of hydrogen-bond acceptors (Lipinski definition) is 3. The predicted octanol–water partition coefficient (Wildman–Crippen LogP) is 3.42. The number of carbonyl (C=O) groups excluding carboxylic acids is 1. The van der Waals surface area contributed by atoms with Crippen molar-refractivity contribution in [3.05, 3.63) is 63.6 Å². The maximum atomic E-state index is 12.9. The third-order valence-corrected chi connectivity index (χ3v) is 5.25. The molecule has 1 amide bonds. The molecule has 3 rings (SSSR count). The summed E-state index contributed by atoms with van der Waals surface area (Å²) >= 11 is 0. The maximum absolute atomic E-state index is 12.9. The number of hydrogen-bond donors (Lipinski definition) is 0. The quantitative estimate of drug-likeness (QED) is 0.813. The molecular formula is C22H28N2O3. The molecule has 0 bridgehead atoms. The first-order chi connectivity index (χ1) is 13.0. The number of piperidine rings is 1. The number of pyridine rings is 1. The average molecular weight is 368 g/mol. The summed E-state index contributed by atoms with van der Waals surface area (Å²) in [6.07, 6.45) is 1.96. The van der Waals surface area contributed by atoms with Crippen LogP contribution in [0.15, 0.2) is 41.2 Å². The summed E-state index contributed by atoms with van der Waals surface area (Å²) in [5.74, 6) is 0.971. The fraction of sp³-hybridized carbons (Fsp3) is 0.455. The zero-order valence-electron chi connectivity index (χ0n) is 16.4. The van der Waals surface area contributed by atoms with Gasteiger partial charge in [0.15, 0.2) is 0 Å². The van der Waals surface area contributed by atoms with Crippen LogP contribution in [0.2, 0.25) is 0 Å². The van der Waals surface area contributed by atoms with E-state index < -0.39 is 0 Å². The van der Waals surface area contributed by atoms with Gasteiger partial charge >= 0.3 is 0 Å². The summed E-state index contributed by atoms with van der Waals surface area (Å²) in [6, 6.07) is 11.5. The third-order valence-electron chi connectivity index (χ3n) is 5.25. The van der Waals surface area contributed by atoms with E-state index in [1.54, 1.807) is 15.5 Å². The first-order valence-corrected chi connectivity index (χ1v) is 9.68. The van der Waals surface area contributed by atoms with Crippen molar-refractivity contribution in [1.29, 1.82) is 0 Å². The molecule has 1 aliphatic rings. The number of aryl methyl sites for hydroxylation is 2. The molecule has 2 heterocycles. The molecule has 1 fully saturated rings. The number of nitrogens with zero attached hydrogens (tertiary/aromatic N) is 2. The molecule has 1 saturated heterocycles. The summed E-state index contributed by atoms with van der Waals surface area (Å²) in [6.45, 7) is 8.33. The number of likely N-dealkylation sites (tertiary alicyclic amines) is 1. The minimum absolute atomic E-state index is 0.165. The monoisotopic (exact) mass is 368 g/mol. The highest BCUT2D eigenvalue weighted by atomic mass is 16.5. The largest absolute Gasteiger partial charge is 0.493 e.